The average molecular weight is 652 g/mol. The molecule has 1 spiro atoms. The van der Waals surface area contributed by atoms with Crippen LogP contribution in [0.1, 0.15) is 43.9 Å². The molecule has 48 heavy (non-hydrogen) atoms. The Hall–Kier alpha value is -4.51. The standard InChI is InChI=1S/C38H41N3O7/c1-5-16-39-29-15-14-26(41-30-12-8-9-13-31(30)47-22-34(41)44)18-28(29)38(36(39)45)23(2)35(37(3,4)46)32(48-38)19-33(43)40-20-25-11-7-6-10-24(25)17-27(40)21-42/h5-15,18,23,27,32,35,42,46H,1,16-17,19-22H2,2-4H3/t23-,27+,32+,35-,38+/m1/s1. The van der Waals surface area contributed by atoms with E-state index in [1.807, 2.05) is 61.5 Å². The zero-order valence-corrected chi connectivity index (χ0v) is 27.5. The third kappa shape index (κ3) is 4.93. The van der Waals surface area contributed by atoms with E-state index in [0.29, 0.717) is 41.3 Å². The van der Waals surface area contributed by atoms with E-state index in [-0.39, 0.29) is 43.9 Å². The summed E-state index contributed by atoms with van der Waals surface area (Å²) in [5.41, 5.74) is 1.61. The number of amides is 3. The Labute approximate surface area is 280 Å². The highest BCUT2D eigenvalue weighted by Crippen LogP contribution is 2.58. The van der Waals surface area contributed by atoms with Crippen LogP contribution in [0.25, 0.3) is 0 Å². The van der Waals surface area contributed by atoms with Crippen LogP contribution in [0.4, 0.5) is 17.1 Å². The predicted molar refractivity (Wildman–Crippen MR) is 180 cm³/mol. The van der Waals surface area contributed by atoms with Crippen molar-refractivity contribution in [1.29, 1.82) is 0 Å². The number of hydrogen-bond donors (Lipinski definition) is 2. The van der Waals surface area contributed by atoms with Crippen LogP contribution in [0, 0.1) is 11.8 Å². The van der Waals surface area contributed by atoms with Crippen molar-refractivity contribution in [3.63, 3.8) is 0 Å². The SMILES string of the molecule is C=CCN1C(=O)[C@@]2(O[C@@H](CC(=O)N3Cc4ccccc4C[C@H]3CO)[C@H](C(C)(C)O)[C@H]2C)c2cc(N3C(=O)COc4ccccc43)ccc21. The molecule has 4 aliphatic rings. The highest BCUT2D eigenvalue weighted by Gasteiger charge is 2.66. The van der Waals surface area contributed by atoms with Crippen molar-refractivity contribution in [2.75, 3.05) is 29.6 Å². The summed E-state index contributed by atoms with van der Waals surface area (Å²) in [6.45, 7) is 9.40. The number of aliphatic hydroxyl groups excluding tert-OH is 1. The summed E-state index contributed by atoms with van der Waals surface area (Å²) in [5, 5.41) is 21.9. The summed E-state index contributed by atoms with van der Waals surface area (Å²) in [6, 6.07) is 20.2. The summed E-state index contributed by atoms with van der Waals surface area (Å²) < 4.78 is 12.6. The van der Waals surface area contributed by atoms with Crippen LogP contribution in [-0.4, -0.2) is 70.3 Å². The van der Waals surface area contributed by atoms with Gasteiger partial charge in [-0.1, -0.05) is 49.4 Å². The molecule has 0 bridgehead atoms. The molecule has 3 aromatic carbocycles. The van der Waals surface area contributed by atoms with Crippen molar-refractivity contribution in [3.8, 4) is 5.75 Å². The van der Waals surface area contributed by atoms with E-state index in [1.165, 1.54) is 0 Å². The molecule has 5 atom stereocenters. The van der Waals surface area contributed by atoms with Crippen molar-refractivity contribution in [3.05, 3.63) is 96.1 Å². The number of fused-ring (bicyclic) bond motifs is 4. The lowest BCUT2D eigenvalue weighted by Gasteiger charge is -2.38. The van der Waals surface area contributed by atoms with Crippen LogP contribution in [0.15, 0.2) is 79.4 Å². The number of aliphatic hydroxyl groups is 2. The van der Waals surface area contributed by atoms with Gasteiger partial charge in [-0.15, -0.1) is 6.58 Å². The molecule has 10 heteroatoms. The maximum absolute atomic E-state index is 14.6. The van der Waals surface area contributed by atoms with Gasteiger partial charge < -0.3 is 29.5 Å². The number of benzene rings is 3. The fourth-order valence-corrected chi connectivity index (χ4v) is 8.43. The van der Waals surface area contributed by atoms with Crippen LogP contribution in [0.2, 0.25) is 0 Å². The molecule has 1 saturated heterocycles. The van der Waals surface area contributed by atoms with Gasteiger partial charge in [0.1, 0.15) is 5.75 Å². The molecule has 0 aromatic heterocycles. The predicted octanol–water partition coefficient (Wildman–Crippen LogP) is 4.23. The molecule has 4 heterocycles. The maximum atomic E-state index is 14.6. The summed E-state index contributed by atoms with van der Waals surface area (Å²) in [7, 11) is 0. The average Bonchev–Trinajstić information content (AvgIpc) is 3.49. The minimum absolute atomic E-state index is 0.0848. The highest BCUT2D eigenvalue weighted by atomic mass is 16.5. The summed E-state index contributed by atoms with van der Waals surface area (Å²) in [4.78, 5) is 46.9. The summed E-state index contributed by atoms with van der Waals surface area (Å²) in [6.07, 6.45) is 1.28. The molecule has 7 rings (SSSR count). The Morgan fingerprint density at radius 2 is 1.79 bits per heavy atom. The highest BCUT2D eigenvalue weighted by molar-refractivity contribution is 6.10. The van der Waals surface area contributed by atoms with Crippen molar-refractivity contribution in [1.82, 2.24) is 4.90 Å². The second-order valence-corrected chi connectivity index (χ2v) is 13.8. The van der Waals surface area contributed by atoms with Crippen LogP contribution >= 0.6 is 0 Å². The Morgan fingerprint density at radius 3 is 2.52 bits per heavy atom. The largest absolute Gasteiger partial charge is 0.482 e. The molecule has 3 aromatic rings. The van der Waals surface area contributed by atoms with Crippen LogP contribution in [-0.2, 0) is 37.7 Å². The fraction of sp³-hybridized carbons (Fsp3) is 0.395. The van der Waals surface area contributed by atoms with Gasteiger partial charge in [-0.05, 0) is 61.7 Å². The van der Waals surface area contributed by atoms with Crippen molar-refractivity contribution in [2.24, 2.45) is 11.8 Å². The first-order chi connectivity index (χ1) is 23.0. The third-order valence-electron chi connectivity index (χ3n) is 10.5. The molecule has 0 unspecified atom stereocenters. The lowest BCUT2D eigenvalue weighted by atomic mass is 9.70. The summed E-state index contributed by atoms with van der Waals surface area (Å²) >= 11 is 0. The molecule has 4 aliphatic heterocycles. The molecule has 1 fully saturated rings. The topological polar surface area (TPSA) is 120 Å². The number of rotatable bonds is 7. The smallest absolute Gasteiger partial charge is 0.269 e. The zero-order valence-electron chi connectivity index (χ0n) is 27.5. The lowest BCUT2D eigenvalue weighted by molar-refractivity contribution is -0.151. The van der Waals surface area contributed by atoms with Gasteiger partial charge in [-0.25, -0.2) is 0 Å². The minimum atomic E-state index is -1.54. The second-order valence-electron chi connectivity index (χ2n) is 13.8. The van der Waals surface area contributed by atoms with Gasteiger partial charge in [0.25, 0.3) is 11.8 Å². The van der Waals surface area contributed by atoms with E-state index in [4.69, 9.17) is 9.47 Å². The third-order valence-corrected chi connectivity index (χ3v) is 10.5. The van der Waals surface area contributed by atoms with Gasteiger partial charge in [-0.2, -0.15) is 0 Å². The molecule has 0 radical (unpaired) electrons. The monoisotopic (exact) mass is 651 g/mol. The number of carbonyl (C=O) groups excluding carboxylic acids is 3. The van der Waals surface area contributed by atoms with Gasteiger partial charge in [-0.3, -0.25) is 19.3 Å². The number of para-hydroxylation sites is 2. The number of nitrogens with zero attached hydrogens (tertiary/aromatic N) is 3. The molecule has 0 saturated carbocycles. The normalized spacial score (nSPS) is 26.3. The van der Waals surface area contributed by atoms with Gasteiger partial charge in [0.15, 0.2) is 12.2 Å². The first kappa shape index (κ1) is 32.1. The maximum Gasteiger partial charge on any atom is 0.269 e. The molecule has 10 nitrogen and oxygen atoms in total. The summed E-state index contributed by atoms with van der Waals surface area (Å²) in [5.74, 6) is -1.37. The number of anilines is 3. The number of hydrogen-bond acceptors (Lipinski definition) is 7. The van der Waals surface area contributed by atoms with E-state index in [1.54, 1.807) is 46.8 Å². The van der Waals surface area contributed by atoms with Gasteiger partial charge >= 0.3 is 0 Å². The van der Waals surface area contributed by atoms with E-state index >= 15 is 0 Å². The van der Waals surface area contributed by atoms with Gasteiger partial charge in [0, 0.05) is 36.2 Å². The van der Waals surface area contributed by atoms with Crippen molar-refractivity contribution < 1.29 is 34.1 Å². The minimum Gasteiger partial charge on any atom is -0.482 e. The zero-order chi connectivity index (χ0) is 34.0. The Balaban J connectivity index is 1.29. The molecule has 250 valence electrons. The van der Waals surface area contributed by atoms with Crippen molar-refractivity contribution in [2.45, 2.75) is 63.5 Å². The van der Waals surface area contributed by atoms with E-state index in [0.717, 1.165) is 11.1 Å². The lowest BCUT2D eigenvalue weighted by Crippen LogP contribution is -2.48. The van der Waals surface area contributed by atoms with Crippen LogP contribution in [0.5, 0.6) is 5.75 Å². The van der Waals surface area contributed by atoms with Crippen LogP contribution < -0.4 is 14.5 Å². The quantitative estimate of drug-likeness (QED) is 0.367. The number of carbonyl (C=O) groups is 3. The number of ether oxygens (including phenoxy) is 2. The van der Waals surface area contributed by atoms with E-state index in [2.05, 4.69) is 6.58 Å². The molecule has 3 amide bonds. The van der Waals surface area contributed by atoms with E-state index in [9.17, 15) is 24.6 Å². The van der Waals surface area contributed by atoms with Crippen molar-refractivity contribution >= 4 is 34.8 Å². The Morgan fingerprint density at radius 1 is 1.06 bits per heavy atom. The van der Waals surface area contributed by atoms with Gasteiger partial charge in [0.2, 0.25) is 5.91 Å². The Bertz CT molecular complexity index is 1800. The Kier molecular flexibility index (Phi) is 7.93. The molecule has 2 N–H and O–H groups in total. The first-order valence-corrected chi connectivity index (χ1v) is 16.5. The van der Waals surface area contributed by atoms with Crippen LogP contribution in [0.3, 0.4) is 0 Å². The first-order valence-electron chi connectivity index (χ1n) is 16.5. The second kappa shape index (κ2) is 11.9. The van der Waals surface area contributed by atoms with E-state index < -0.39 is 35.2 Å². The fourth-order valence-electron chi connectivity index (χ4n) is 8.43. The molecular formula is C38H41N3O7. The van der Waals surface area contributed by atoms with Gasteiger partial charge in [0.05, 0.1) is 42.1 Å². The molecular weight excluding hydrogens is 610 g/mol. The molecule has 0 aliphatic carbocycles.